The monoisotopic (exact) mass is 278 g/mol. The summed E-state index contributed by atoms with van der Waals surface area (Å²) in [5.74, 6) is 1.15. The van der Waals surface area contributed by atoms with Crippen molar-refractivity contribution in [3.63, 3.8) is 0 Å². The number of hydrogen-bond acceptors (Lipinski definition) is 3. The number of carbonyl (C=O) groups is 1. The van der Waals surface area contributed by atoms with Crippen LogP contribution in [0.1, 0.15) is 53.9 Å². The molecule has 18 heavy (non-hydrogen) atoms. The molecule has 0 rings (SSSR count). The zero-order valence-electron chi connectivity index (χ0n) is 12.2. The van der Waals surface area contributed by atoms with Gasteiger partial charge in [0.15, 0.2) is 0 Å². The lowest BCUT2D eigenvalue weighted by molar-refractivity contribution is -0.147. The molecule has 0 aromatic carbocycles. The predicted molar refractivity (Wildman–Crippen MR) is 76.7 cm³/mol. The molecule has 0 aliphatic rings. The summed E-state index contributed by atoms with van der Waals surface area (Å²) in [6.45, 7) is 9.49. The van der Waals surface area contributed by atoms with E-state index >= 15 is 0 Å². The number of thioether (sulfide) groups is 1. The Morgan fingerprint density at radius 2 is 1.83 bits per heavy atom. The molecule has 0 aliphatic carbocycles. The van der Waals surface area contributed by atoms with E-state index in [1.807, 2.05) is 13.8 Å². The number of rotatable bonds is 9. The van der Waals surface area contributed by atoms with E-state index in [9.17, 15) is 9.18 Å². The smallest absolute Gasteiger partial charge is 0.319 e. The van der Waals surface area contributed by atoms with Crippen LogP contribution in [0.25, 0.3) is 0 Å². The largest absolute Gasteiger partial charge is 0.462 e. The second-order valence-electron chi connectivity index (χ2n) is 5.40. The lowest BCUT2D eigenvalue weighted by Crippen LogP contribution is -2.25. The number of halogens is 1. The minimum atomic E-state index is -0.753. The Bertz CT molecular complexity index is 230. The molecule has 0 saturated carbocycles. The lowest BCUT2D eigenvalue weighted by atomic mass is 10.1. The van der Waals surface area contributed by atoms with Gasteiger partial charge in [-0.2, -0.15) is 0 Å². The predicted octanol–water partition coefficient (Wildman–Crippen LogP) is 4.22. The van der Waals surface area contributed by atoms with Gasteiger partial charge in [0, 0.05) is 0 Å². The molecule has 2 nitrogen and oxygen atoms in total. The third kappa shape index (κ3) is 9.75. The highest BCUT2D eigenvalue weighted by Gasteiger charge is 2.22. The van der Waals surface area contributed by atoms with Gasteiger partial charge in [0.1, 0.15) is 5.25 Å². The summed E-state index contributed by atoms with van der Waals surface area (Å²) in [6.07, 6.45) is 1.38. The van der Waals surface area contributed by atoms with Crippen LogP contribution in [0.15, 0.2) is 0 Å². The molecule has 0 saturated heterocycles. The van der Waals surface area contributed by atoms with Gasteiger partial charge in [-0.25, -0.2) is 4.39 Å². The van der Waals surface area contributed by atoms with Crippen LogP contribution < -0.4 is 0 Å². The molecule has 0 aliphatic heterocycles. The van der Waals surface area contributed by atoms with E-state index in [1.54, 1.807) is 18.7 Å². The summed E-state index contributed by atoms with van der Waals surface area (Å²) in [7, 11) is 0. The zero-order valence-corrected chi connectivity index (χ0v) is 13.1. The number of ether oxygens (including phenoxy) is 1. The van der Waals surface area contributed by atoms with Crippen molar-refractivity contribution in [1.29, 1.82) is 0 Å². The Hall–Kier alpha value is -0.250. The van der Waals surface area contributed by atoms with Crippen molar-refractivity contribution in [2.45, 2.75) is 71.4 Å². The molecule has 0 N–H and O–H groups in total. The van der Waals surface area contributed by atoms with Crippen molar-refractivity contribution in [1.82, 2.24) is 0 Å². The summed E-state index contributed by atoms with van der Waals surface area (Å²) in [4.78, 5) is 11.9. The van der Waals surface area contributed by atoms with Gasteiger partial charge in [-0.3, -0.25) is 4.79 Å². The number of carbonyl (C=O) groups excluding carboxylic acids is 1. The van der Waals surface area contributed by atoms with Gasteiger partial charge >= 0.3 is 5.97 Å². The molecule has 4 heteroatoms. The maximum Gasteiger partial charge on any atom is 0.319 e. The standard InChI is InChI=1S/C14H27FO2S/c1-10(2)9-13(14(16)17-11(3)4)18-8-6-7-12(5)15/h10-13H,6-9H2,1-5H3. The third-order valence-corrected chi connectivity index (χ3v) is 3.68. The maximum absolute atomic E-state index is 12.7. The molecule has 2 unspecified atom stereocenters. The Balaban J connectivity index is 4.10. The molecule has 0 aromatic heterocycles. The van der Waals surface area contributed by atoms with Crippen LogP contribution in [0.5, 0.6) is 0 Å². The van der Waals surface area contributed by atoms with Crippen molar-refractivity contribution < 1.29 is 13.9 Å². The first-order valence-electron chi connectivity index (χ1n) is 6.79. The van der Waals surface area contributed by atoms with E-state index in [4.69, 9.17) is 4.74 Å². The Morgan fingerprint density at radius 1 is 1.22 bits per heavy atom. The average molecular weight is 278 g/mol. The fraction of sp³-hybridized carbons (Fsp3) is 0.929. The van der Waals surface area contributed by atoms with Crippen molar-refractivity contribution in [3.8, 4) is 0 Å². The molecule has 0 heterocycles. The van der Waals surface area contributed by atoms with Crippen molar-refractivity contribution in [3.05, 3.63) is 0 Å². The molecule has 0 bridgehead atoms. The average Bonchev–Trinajstić information content (AvgIpc) is 2.20. The molecule has 0 spiro atoms. The minimum absolute atomic E-state index is 0.0707. The second-order valence-corrected chi connectivity index (χ2v) is 6.71. The van der Waals surface area contributed by atoms with Gasteiger partial charge in [-0.05, 0) is 51.7 Å². The maximum atomic E-state index is 12.7. The molecule has 2 atom stereocenters. The van der Waals surface area contributed by atoms with Crippen LogP contribution in [-0.4, -0.2) is 29.2 Å². The SMILES string of the molecule is CC(C)CC(SCCCC(C)F)C(=O)OC(C)C. The van der Waals surface area contributed by atoms with E-state index in [1.165, 1.54) is 0 Å². The van der Waals surface area contributed by atoms with Gasteiger partial charge in [-0.1, -0.05) is 13.8 Å². The molecule has 0 amide bonds. The van der Waals surface area contributed by atoms with E-state index < -0.39 is 6.17 Å². The van der Waals surface area contributed by atoms with Gasteiger partial charge in [0.25, 0.3) is 0 Å². The van der Waals surface area contributed by atoms with E-state index in [2.05, 4.69) is 13.8 Å². The van der Waals surface area contributed by atoms with E-state index in [0.29, 0.717) is 12.3 Å². The lowest BCUT2D eigenvalue weighted by Gasteiger charge is -2.19. The molecule has 0 radical (unpaired) electrons. The fourth-order valence-electron chi connectivity index (χ4n) is 1.56. The summed E-state index contributed by atoms with van der Waals surface area (Å²) in [5.41, 5.74) is 0. The summed E-state index contributed by atoms with van der Waals surface area (Å²) in [6, 6.07) is 0. The number of esters is 1. The van der Waals surface area contributed by atoms with Gasteiger partial charge in [-0.15, -0.1) is 11.8 Å². The first-order valence-corrected chi connectivity index (χ1v) is 7.84. The molecular formula is C14H27FO2S. The van der Waals surface area contributed by atoms with Crippen molar-refractivity contribution in [2.24, 2.45) is 5.92 Å². The second kappa shape index (κ2) is 9.65. The molecule has 0 fully saturated rings. The fourth-order valence-corrected chi connectivity index (χ4v) is 2.89. The van der Waals surface area contributed by atoms with Crippen LogP contribution in [-0.2, 0) is 9.53 Å². The van der Waals surface area contributed by atoms with Crippen LogP contribution in [0.4, 0.5) is 4.39 Å². The van der Waals surface area contributed by atoms with E-state index in [0.717, 1.165) is 18.6 Å². The van der Waals surface area contributed by atoms with Gasteiger partial charge < -0.3 is 4.74 Å². The van der Waals surface area contributed by atoms with Crippen LogP contribution in [0, 0.1) is 5.92 Å². The Kier molecular flexibility index (Phi) is 9.52. The highest BCUT2D eigenvalue weighted by molar-refractivity contribution is 8.00. The van der Waals surface area contributed by atoms with Crippen LogP contribution in [0.3, 0.4) is 0 Å². The van der Waals surface area contributed by atoms with Crippen molar-refractivity contribution >= 4 is 17.7 Å². The quantitative estimate of drug-likeness (QED) is 0.466. The highest BCUT2D eigenvalue weighted by atomic mass is 32.2. The Morgan fingerprint density at radius 3 is 2.28 bits per heavy atom. The summed E-state index contributed by atoms with van der Waals surface area (Å²) >= 11 is 1.60. The van der Waals surface area contributed by atoms with Gasteiger partial charge in [0.05, 0.1) is 12.3 Å². The van der Waals surface area contributed by atoms with Crippen LogP contribution >= 0.6 is 11.8 Å². The Labute approximate surface area is 115 Å². The third-order valence-electron chi connectivity index (χ3n) is 2.37. The zero-order chi connectivity index (χ0) is 14.1. The summed E-state index contributed by atoms with van der Waals surface area (Å²) in [5, 5.41) is -0.109. The normalized spacial score (nSPS) is 14.9. The van der Waals surface area contributed by atoms with E-state index in [-0.39, 0.29) is 17.3 Å². The first kappa shape index (κ1) is 17.8. The minimum Gasteiger partial charge on any atom is -0.462 e. The summed E-state index contributed by atoms with van der Waals surface area (Å²) < 4.78 is 17.9. The first-order chi connectivity index (χ1) is 8.32. The van der Waals surface area contributed by atoms with Crippen LogP contribution in [0.2, 0.25) is 0 Å². The number of alkyl halides is 1. The van der Waals surface area contributed by atoms with Gasteiger partial charge in [0.2, 0.25) is 0 Å². The topological polar surface area (TPSA) is 26.3 Å². The molecule has 108 valence electrons. The van der Waals surface area contributed by atoms with Crippen molar-refractivity contribution in [2.75, 3.05) is 5.75 Å². The molecular weight excluding hydrogens is 251 g/mol. The number of hydrogen-bond donors (Lipinski definition) is 0. The highest BCUT2D eigenvalue weighted by Crippen LogP contribution is 2.23. The molecule has 0 aromatic rings.